The summed E-state index contributed by atoms with van der Waals surface area (Å²) in [5, 5.41) is 12.4. The van der Waals surface area contributed by atoms with Crippen molar-refractivity contribution >= 4 is 50.1 Å². The zero-order chi connectivity index (χ0) is 27.1. The second-order valence-corrected chi connectivity index (χ2v) is 11.0. The standard InChI is InChI=1S/C32H24BrClN2O3/c33-24-14-7-13-23(16-24)28-26(17-22-12-6-11-21-10-4-5-15-25(21)22)29(34)31(37)36-27(32(38)39)19-35(30(28)36)18-20-8-2-1-3-9-20/h1-16,27H,17-19H2,(H,38,39). The predicted octanol–water partition coefficient (Wildman–Crippen LogP) is 7.32. The van der Waals surface area contributed by atoms with E-state index in [4.69, 9.17) is 11.6 Å². The van der Waals surface area contributed by atoms with Crippen LogP contribution in [0.5, 0.6) is 0 Å². The minimum Gasteiger partial charge on any atom is -0.480 e. The molecule has 5 nitrogen and oxygen atoms in total. The fraction of sp³-hybridized carbons (Fsp3) is 0.125. The zero-order valence-corrected chi connectivity index (χ0v) is 23.2. The van der Waals surface area contributed by atoms with Crippen molar-refractivity contribution in [2.45, 2.75) is 19.0 Å². The Balaban J connectivity index is 1.64. The molecule has 0 bridgehead atoms. The summed E-state index contributed by atoms with van der Waals surface area (Å²) in [6.45, 7) is 0.620. The lowest BCUT2D eigenvalue weighted by molar-refractivity contribution is -0.140. The van der Waals surface area contributed by atoms with Crippen LogP contribution in [-0.2, 0) is 17.8 Å². The van der Waals surface area contributed by atoms with E-state index in [2.05, 4.69) is 40.2 Å². The van der Waals surface area contributed by atoms with Crippen molar-refractivity contribution in [3.8, 4) is 11.1 Å². The average Bonchev–Trinajstić information content (AvgIpc) is 3.31. The highest BCUT2D eigenvalue weighted by molar-refractivity contribution is 9.10. The maximum absolute atomic E-state index is 13.8. The Labute approximate surface area is 239 Å². The number of carboxylic acid groups (broad SMARTS) is 1. The van der Waals surface area contributed by atoms with E-state index in [1.807, 2.05) is 77.7 Å². The molecule has 0 aliphatic carbocycles. The summed E-state index contributed by atoms with van der Waals surface area (Å²) in [4.78, 5) is 28.2. The van der Waals surface area contributed by atoms with Gasteiger partial charge in [-0.05, 0) is 45.2 Å². The maximum atomic E-state index is 13.8. The number of pyridine rings is 1. The van der Waals surface area contributed by atoms with Gasteiger partial charge in [-0.3, -0.25) is 9.36 Å². The highest BCUT2D eigenvalue weighted by Crippen LogP contribution is 2.43. The van der Waals surface area contributed by atoms with Crippen molar-refractivity contribution in [1.29, 1.82) is 0 Å². The number of hydrogen-bond donors (Lipinski definition) is 1. The molecule has 1 N–H and O–H groups in total. The van der Waals surface area contributed by atoms with Crippen LogP contribution in [0.3, 0.4) is 0 Å². The summed E-state index contributed by atoms with van der Waals surface area (Å²) < 4.78 is 2.25. The molecule has 0 fully saturated rings. The van der Waals surface area contributed by atoms with Crippen molar-refractivity contribution in [2.24, 2.45) is 0 Å². The molecule has 194 valence electrons. The number of aromatic nitrogens is 1. The van der Waals surface area contributed by atoms with Crippen LogP contribution in [0, 0.1) is 0 Å². The van der Waals surface area contributed by atoms with Gasteiger partial charge < -0.3 is 10.0 Å². The SMILES string of the molecule is O=C(O)C1CN(Cc2ccccc2)c2c(-c3cccc(Br)c3)c(Cc3cccc4ccccc34)c(Cl)c(=O)n21. The maximum Gasteiger partial charge on any atom is 0.328 e. The first-order valence-corrected chi connectivity index (χ1v) is 13.8. The zero-order valence-electron chi connectivity index (χ0n) is 20.9. The molecule has 0 saturated carbocycles. The molecular weight excluding hydrogens is 576 g/mol. The molecular formula is C32H24BrClN2O3. The van der Waals surface area contributed by atoms with Crippen molar-refractivity contribution in [3.63, 3.8) is 0 Å². The van der Waals surface area contributed by atoms with Crippen molar-refractivity contribution in [2.75, 3.05) is 11.4 Å². The normalized spacial score (nSPS) is 14.5. The molecule has 39 heavy (non-hydrogen) atoms. The van der Waals surface area contributed by atoms with Crippen LogP contribution in [0.2, 0.25) is 5.02 Å². The predicted molar refractivity (Wildman–Crippen MR) is 160 cm³/mol. The smallest absolute Gasteiger partial charge is 0.328 e. The van der Waals surface area contributed by atoms with Gasteiger partial charge in [0.15, 0.2) is 6.04 Å². The number of benzene rings is 4. The van der Waals surface area contributed by atoms with Gasteiger partial charge in [0.05, 0.1) is 6.54 Å². The molecule has 7 heteroatoms. The lowest BCUT2D eigenvalue weighted by Gasteiger charge is -2.25. The third-order valence-electron chi connectivity index (χ3n) is 7.29. The number of carboxylic acids is 1. The third-order valence-corrected chi connectivity index (χ3v) is 8.17. The van der Waals surface area contributed by atoms with Gasteiger partial charge in [-0.2, -0.15) is 0 Å². The molecule has 1 aliphatic heterocycles. The minimum absolute atomic E-state index is 0.0504. The molecule has 4 aromatic carbocycles. The fourth-order valence-corrected chi connectivity index (χ4v) is 6.21. The number of carbonyl (C=O) groups is 1. The monoisotopic (exact) mass is 598 g/mol. The van der Waals surface area contributed by atoms with E-state index in [1.54, 1.807) is 0 Å². The van der Waals surface area contributed by atoms with E-state index in [0.29, 0.717) is 24.3 Å². The van der Waals surface area contributed by atoms with Gasteiger partial charge in [-0.15, -0.1) is 0 Å². The molecule has 0 spiro atoms. The largest absolute Gasteiger partial charge is 0.480 e. The summed E-state index contributed by atoms with van der Waals surface area (Å²) in [5.41, 5.74) is 3.89. The van der Waals surface area contributed by atoms with Crippen LogP contribution in [0.25, 0.3) is 21.9 Å². The molecule has 0 saturated heterocycles. The molecule has 2 heterocycles. The molecule has 0 amide bonds. The topological polar surface area (TPSA) is 62.5 Å². The number of rotatable bonds is 6. The summed E-state index contributed by atoms with van der Waals surface area (Å²) in [6, 6.07) is 30.9. The first kappa shape index (κ1) is 25.4. The Morgan fingerprint density at radius 3 is 2.44 bits per heavy atom. The van der Waals surface area contributed by atoms with E-state index in [1.165, 1.54) is 4.57 Å². The number of aliphatic carboxylic acids is 1. The first-order valence-electron chi connectivity index (χ1n) is 12.6. The summed E-state index contributed by atoms with van der Waals surface area (Å²) >= 11 is 10.5. The Morgan fingerprint density at radius 2 is 1.67 bits per heavy atom. The summed E-state index contributed by atoms with van der Waals surface area (Å²) in [7, 11) is 0. The van der Waals surface area contributed by atoms with Crippen LogP contribution in [0.4, 0.5) is 5.82 Å². The van der Waals surface area contributed by atoms with Crippen molar-refractivity contribution < 1.29 is 9.90 Å². The lowest BCUT2D eigenvalue weighted by atomic mass is 9.92. The van der Waals surface area contributed by atoms with Crippen LogP contribution in [0.15, 0.2) is 106 Å². The van der Waals surface area contributed by atoms with Crippen molar-refractivity contribution in [3.05, 3.63) is 134 Å². The number of anilines is 1. The van der Waals surface area contributed by atoms with Crippen LogP contribution in [-0.4, -0.2) is 22.2 Å². The molecule has 0 radical (unpaired) electrons. The van der Waals surface area contributed by atoms with E-state index < -0.39 is 17.6 Å². The second-order valence-electron chi connectivity index (χ2n) is 9.71. The third kappa shape index (κ3) is 4.64. The number of halogens is 2. The Kier molecular flexibility index (Phi) is 6.75. The Bertz CT molecular complexity index is 1780. The molecule has 1 unspecified atom stereocenters. The number of hydrogen-bond acceptors (Lipinski definition) is 3. The highest BCUT2D eigenvalue weighted by Gasteiger charge is 2.39. The van der Waals surface area contributed by atoms with E-state index in [0.717, 1.165) is 37.5 Å². The summed E-state index contributed by atoms with van der Waals surface area (Å²) in [5.74, 6) is -0.485. The molecule has 5 aromatic rings. The molecule has 1 atom stereocenters. The van der Waals surface area contributed by atoms with Gasteiger partial charge >= 0.3 is 5.97 Å². The van der Waals surface area contributed by atoms with Gasteiger partial charge in [0.2, 0.25) is 0 Å². The fourth-order valence-electron chi connectivity index (χ4n) is 5.55. The van der Waals surface area contributed by atoms with Crippen LogP contribution >= 0.6 is 27.5 Å². The Morgan fingerprint density at radius 1 is 0.949 bits per heavy atom. The quantitative estimate of drug-likeness (QED) is 0.222. The van der Waals surface area contributed by atoms with Gasteiger partial charge in [0, 0.05) is 23.0 Å². The van der Waals surface area contributed by atoms with Crippen LogP contribution < -0.4 is 10.5 Å². The van der Waals surface area contributed by atoms with E-state index in [9.17, 15) is 14.7 Å². The number of nitrogens with zero attached hydrogens (tertiary/aromatic N) is 2. The van der Waals surface area contributed by atoms with E-state index >= 15 is 0 Å². The Hall–Kier alpha value is -3.87. The van der Waals surface area contributed by atoms with Crippen molar-refractivity contribution in [1.82, 2.24) is 4.57 Å². The van der Waals surface area contributed by atoms with Crippen LogP contribution in [0.1, 0.15) is 22.7 Å². The van der Waals surface area contributed by atoms with Gasteiger partial charge in [0.25, 0.3) is 5.56 Å². The minimum atomic E-state index is -1.06. The number of fused-ring (bicyclic) bond motifs is 2. The van der Waals surface area contributed by atoms with Gasteiger partial charge in [-0.1, -0.05) is 112 Å². The average molecular weight is 600 g/mol. The van der Waals surface area contributed by atoms with Gasteiger partial charge in [-0.25, -0.2) is 4.79 Å². The second kappa shape index (κ2) is 10.4. The molecule has 1 aromatic heterocycles. The first-order chi connectivity index (χ1) is 18.9. The molecule has 6 rings (SSSR count). The highest BCUT2D eigenvalue weighted by atomic mass is 79.9. The molecule has 1 aliphatic rings. The lowest BCUT2D eigenvalue weighted by Crippen LogP contribution is -2.29. The van der Waals surface area contributed by atoms with E-state index in [-0.39, 0.29) is 11.6 Å². The summed E-state index contributed by atoms with van der Waals surface area (Å²) in [6.07, 6.45) is 0.419. The van der Waals surface area contributed by atoms with Gasteiger partial charge in [0.1, 0.15) is 10.8 Å².